The number of aromatic nitrogens is 3. The maximum Gasteiger partial charge on any atom is 0.316 e. The lowest BCUT2D eigenvalue weighted by atomic mass is 10.3. The number of hydrogen-bond acceptors (Lipinski definition) is 7. The van der Waals surface area contributed by atoms with Crippen molar-refractivity contribution in [1.82, 2.24) is 14.8 Å². The van der Waals surface area contributed by atoms with Gasteiger partial charge in [-0.15, -0.1) is 10.2 Å². The number of thioether (sulfide) groups is 1. The van der Waals surface area contributed by atoms with E-state index in [1.54, 1.807) is 18.4 Å². The van der Waals surface area contributed by atoms with Crippen molar-refractivity contribution in [2.24, 2.45) is 0 Å². The van der Waals surface area contributed by atoms with Gasteiger partial charge in [-0.1, -0.05) is 17.8 Å². The van der Waals surface area contributed by atoms with Gasteiger partial charge in [0, 0.05) is 12.2 Å². The fourth-order valence-corrected chi connectivity index (χ4v) is 3.14. The molecule has 8 nitrogen and oxygen atoms in total. The van der Waals surface area contributed by atoms with Crippen molar-refractivity contribution in [3.8, 4) is 11.6 Å². The Kier molecular flexibility index (Phi) is 6.43. The fraction of sp³-hybridized carbons (Fsp3) is 0.222. The number of amides is 1. The van der Waals surface area contributed by atoms with E-state index in [1.807, 2.05) is 11.5 Å². The van der Waals surface area contributed by atoms with Gasteiger partial charge >= 0.3 is 5.97 Å². The van der Waals surface area contributed by atoms with Gasteiger partial charge in [0.25, 0.3) is 5.91 Å². The molecule has 0 saturated carbocycles. The topological polar surface area (TPSA) is 99.2 Å². The first kappa shape index (κ1) is 19.6. The standard InChI is InChI=1S/C18H17FN4O4S/c1-2-23-17(14-7-4-8-26-14)21-22-18(23)28-11-16(25)27-10-15(24)20-13-6-3-5-12(19)9-13/h3-9H,2,10-11H2,1H3,(H,20,24). The molecule has 10 heteroatoms. The summed E-state index contributed by atoms with van der Waals surface area (Å²) in [5.74, 6) is -0.495. The number of carbonyl (C=O) groups excluding carboxylic acids is 2. The molecule has 1 N–H and O–H groups in total. The monoisotopic (exact) mass is 404 g/mol. The maximum absolute atomic E-state index is 13.1. The summed E-state index contributed by atoms with van der Waals surface area (Å²) in [5, 5.41) is 11.1. The smallest absolute Gasteiger partial charge is 0.316 e. The van der Waals surface area contributed by atoms with Crippen LogP contribution in [0, 0.1) is 5.82 Å². The number of esters is 1. The second-order valence-corrected chi connectivity index (χ2v) is 6.48. The van der Waals surface area contributed by atoms with Crippen molar-refractivity contribution >= 4 is 29.3 Å². The number of nitrogens with one attached hydrogen (secondary N) is 1. The van der Waals surface area contributed by atoms with E-state index in [0.717, 1.165) is 11.8 Å². The molecule has 28 heavy (non-hydrogen) atoms. The quantitative estimate of drug-likeness (QED) is 0.455. The zero-order valence-corrected chi connectivity index (χ0v) is 15.7. The number of halogens is 1. The first-order valence-electron chi connectivity index (χ1n) is 8.37. The number of nitrogens with zero attached hydrogens (tertiary/aromatic N) is 3. The average Bonchev–Trinajstić information content (AvgIpc) is 3.33. The molecule has 0 aliphatic heterocycles. The molecule has 1 aromatic carbocycles. The lowest BCUT2D eigenvalue weighted by molar-refractivity contribution is -0.144. The summed E-state index contributed by atoms with van der Waals surface area (Å²) >= 11 is 1.15. The van der Waals surface area contributed by atoms with Crippen molar-refractivity contribution in [3.63, 3.8) is 0 Å². The molecule has 146 valence electrons. The number of carbonyl (C=O) groups is 2. The molecule has 0 radical (unpaired) electrons. The van der Waals surface area contributed by atoms with Crippen LogP contribution >= 0.6 is 11.8 Å². The molecule has 0 atom stereocenters. The Morgan fingerprint density at radius 3 is 2.86 bits per heavy atom. The third kappa shape index (κ3) is 4.97. The highest BCUT2D eigenvalue weighted by Crippen LogP contribution is 2.24. The van der Waals surface area contributed by atoms with Crippen LogP contribution in [0.15, 0.2) is 52.2 Å². The zero-order valence-electron chi connectivity index (χ0n) is 14.9. The highest BCUT2D eigenvalue weighted by Gasteiger charge is 2.17. The highest BCUT2D eigenvalue weighted by atomic mass is 32.2. The molecule has 0 aliphatic carbocycles. The molecule has 3 rings (SSSR count). The minimum atomic E-state index is -0.579. The van der Waals surface area contributed by atoms with Crippen molar-refractivity contribution in [2.75, 3.05) is 17.7 Å². The minimum Gasteiger partial charge on any atom is -0.461 e. The number of anilines is 1. The highest BCUT2D eigenvalue weighted by molar-refractivity contribution is 7.99. The fourth-order valence-electron chi connectivity index (χ4n) is 2.34. The van der Waals surface area contributed by atoms with Gasteiger partial charge in [0.1, 0.15) is 5.82 Å². The van der Waals surface area contributed by atoms with Crippen LogP contribution in [-0.2, 0) is 20.9 Å². The lowest BCUT2D eigenvalue weighted by Gasteiger charge is -2.07. The number of hydrogen-bond donors (Lipinski definition) is 1. The van der Waals surface area contributed by atoms with Crippen LogP contribution in [0.5, 0.6) is 0 Å². The number of rotatable bonds is 8. The van der Waals surface area contributed by atoms with Crippen LogP contribution in [0.3, 0.4) is 0 Å². The first-order chi connectivity index (χ1) is 13.6. The van der Waals surface area contributed by atoms with Gasteiger partial charge < -0.3 is 14.5 Å². The molecule has 0 bridgehead atoms. The molecule has 0 saturated heterocycles. The lowest BCUT2D eigenvalue weighted by Crippen LogP contribution is -2.21. The van der Waals surface area contributed by atoms with E-state index in [2.05, 4.69) is 15.5 Å². The molecule has 3 aromatic rings. The molecule has 2 heterocycles. The summed E-state index contributed by atoms with van der Waals surface area (Å²) in [5.41, 5.74) is 0.289. The second kappa shape index (κ2) is 9.18. The van der Waals surface area contributed by atoms with Gasteiger partial charge in [-0.05, 0) is 37.3 Å². The number of furan rings is 1. The third-order valence-electron chi connectivity index (χ3n) is 3.57. The number of benzene rings is 1. The van der Waals surface area contributed by atoms with Gasteiger partial charge in [0.2, 0.25) is 0 Å². The van der Waals surface area contributed by atoms with E-state index in [4.69, 9.17) is 9.15 Å². The molecule has 0 unspecified atom stereocenters. The molecule has 0 spiro atoms. The molecule has 1 amide bonds. The second-order valence-electron chi connectivity index (χ2n) is 5.54. The van der Waals surface area contributed by atoms with E-state index in [-0.39, 0.29) is 11.4 Å². The van der Waals surface area contributed by atoms with E-state index in [0.29, 0.717) is 23.3 Å². The van der Waals surface area contributed by atoms with E-state index < -0.39 is 24.3 Å². The summed E-state index contributed by atoms with van der Waals surface area (Å²) in [7, 11) is 0. The van der Waals surface area contributed by atoms with Gasteiger partial charge in [-0.2, -0.15) is 0 Å². The van der Waals surface area contributed by atoms with Crippen LogP contribution < -0.4 is 5.32 Å². The molecule has 2 aromatic heterocycles. The summed E-state index contributed by atoms with van der Waals surface area (Å²) in [6, 6.07) is 8.96. The van der Waals surface area contributed by atoms with Crippen LogP contribution in [0.1, 0.15) is 6.92 Å². The van der Waals surface area contributed by atoms with E-state index in [1.165, 1.54) is 24.3 Å². The average molecular weight is 404 g/mol. The molecular weight excluding hydrogens is 387 g/mol. The Morgan fingerprint density at radius 1 is 1.29 bits per heavy atom. The van der Waals surface area contributed by atoms with Gasteiger partial charge in [0.15, 0.2) is 23.3 Å². The molecular formula is C18H17FN4O4S. The minimum absolute atomic E-state index is 0.0382. The Balaban J connectivity index is 1.49. The van der Waals surface area contributed by atoms with Crippen LogP contribution in [-0.4, -0.2) is 39.0 Å². The van der Waals surface area contributed by atoms with Crippen molar-refractivity contribution in [1.29, 1.82) is 0 Å². The van der Waals surface area contributed by atoms with Crippen molar-refractivity contribution in [3.05, 3.63) is 48.5 Å². The third-order valence-corrected chi connectivity index (χ3v) is 4.51. The number of ether oxygens (including phenoxy) is 1. The van der Waals surface area contributed by atoms with Gasteiger partial charge in [0.05, 0.1) is 12.0 Å². The van der Waals surface area contributed by atoms with Crippen LogP contribution in [0.2, 0.25) is 0 Å². The zero-order chi connectivity index (χ0) is 19.9. The summed E-state index contributed by atoms with van der Waals surface area (Å²) in [6.45, 7) is 2.05. The normalized spacial score (nSPS) is 10.6. The Labute approximate surface area is 164 Å². The SMILES string of the molecule is CCn1c(SCC(=O)OCC(=O)Nc2cccc(F)c2)nnc1-c1ccco1. The largest absolute Gasteiger partial charge is 0.461 e. The van der Waals surface area contributed by atoms with Crippen LogP contribution in [0.4, 0.5) is 10.1 Å². The first-order valence-corrected chi connectivity index (χ1v) is 9.36. The predicted octanol–water partition coefficient (Wildman–Crippen LogP) is 2.97. The molecule has 0 aliphatic rings. The summed E-state index contributed by atoms with van der Waals surface area (Å²) in [4.78, 5) is 23.7. The summed E-state index contributed by atoms with van der Waals surface area (Å²) in [6.07, 6.45) is 1.54. The van der Waals surface area contributed by atoms with E-state index in [9.17, 15) is 14.0 Å². The predicted molar refractivity (Wildman–Crippen MR) is 100 cm³/mol. The van der Waals surface area contributed by atoms with Crippen LogP contribution in [0.25, 0.3) is 11.6 Å². The Bertz CT molecular complexity index is 958. The Hall–Kier alpha value is -3.14. The summed E-state index contributed by atoms with van der Waals surface area (Å²) < 4.78 is 25.2. The van der Waals surface area contributed by atoms with Crippen molar-refractivity contribution < 1.29 is 23.1 Å². The van der Waals surface area contributed by atoms with Gasteiger partial charge in [-0.3, -0.25) is 14.2 Å². The molecule has 0 fully saturated rings. The Morgan fingerprint density at radius 2 is 2.14 bits per heavy atom. The maximum atomic E-state index is 13.1. The van der Waals surface area contributed by atoms with Gasteiger partial charge in [-0.25, -0.2) is 4.39 Å². The van der Waals surface area contributed by atoms with E-state index >= 15 is 0 Å². The van der Waals surface area contributed by atoms with Crippen molar-refractivity contribution in [2.45, 2.75) is 18.6 Å².